The molecule has 1 aromatic heterocycles. The highest BCUT2D eigenvalue weighted by molar-refractivity contribution is 5.99. The summed E-state index contributed by atoms with van der Waals surface area (Å²) in [4.78, 5) is 18.8. The summed E-state index contributed by atoms with van der Waals surface area (Å²) in [6.45, 7) is 0.706. The molecule has 3 aromatic rings. The van der Waals surface area contributed by atoms with Gasteiger partial charge >= 0.3 is 0 Å². The smallest absolute Gasteiger partial charge is 0.257 e. The number of nitrogens with zero attached hydrogens (tertiary/aromatic N) is 2. The van der Waals surface area contributed by atoms with Crippen LogP contribution in [0.3, 0.4) is 0 Å². The number of benzene rings is 2. The van der Waals surface area contributed by atoms with Crippen LogP contribution >= 0.6 is 0 Å². The van der Waals surface area contributed by atoms with Gasteiger partial charge in [0.2, 0.25) is 0 Å². The minimum absolute atomic E-state index is 0.223. The van der Waals surface area contributed by atoms with Gasteiger partial charge in [-0.1, -0.05) is 18.2 Å². The minimum atomic E-state index is -0.370. The fourth-order valence-electron chi connectivity index (χ4n) is 3.13. The summed E-state index contributed by atoms with van der Waals surface area (Å²) in [7, 11) is 1.70. The number of pyridine rings is 1. The highest BCUT2D eigenvalue weighted by Gasteiger charge is 2.25. The van der Waals surface area contributed by atoms with Crippen LogP contribution in [-0.2, 0) is 0 Å². The molecule has 0 saturated heterocycles. The second kappa shape index (κ2) is 8.18. The van der Waals surface area contributed by atoms with Crippen LogP contribution in [-0.4, -0.2) is 42.1 Å². The van der Waals surface area contributed by atoms with Gasteiger partial charge in [0.15, 0.2) is 17.6 Å². The molecule has 148 valence electrons. The molecule has 1 aliphatic rings. The molecule has 1 atom stereocenters. The number of halogens is 1. The van der Waals surface area contributed by atoms with Gasteiger partial charge in [0.25, 0.3) is 5.91 Å². The summed E-state index contributed by atoms with van der Waals surface area (Å²) in [6.07, 6.45) is 1.29. The van der Waals surface area contributed by atoms with Crippen LogP contribution in [0.4, 0.5) is 15.9 Å². The number of hydrogen-bond acceptors (Lipinski definition) is 5. The van der Waals surface area contributed by atoms with Gasteiger partial charge in [0.1, 0.15) is 18.2 Å². The zero-order chi connectivity index (χ0) is 20.2. The molecule has 0 bridgehead atoms. The van der Waals surface area contributed by atoms with Crippen molar-refractivity contribution in [2.75, 3.05) is 25.5 Å². The van der Waals surface area contributed by atoms with Gasteiger partial charge in [-0.3, -0.25) is 4.79 Å². The molecule has 1 N–H and O–H groups in total. The van der Waals surface area contributed by atoms with E-state index in [2.05, 4.69) is 10.3 Å². The van der Waals surface area contributed by atoms with Crippen molar-refractivity contribution in [2.45, 2.75) is 6.10 Å². The molecule has 1 aliphatic heterocycles. The predicted molar refractivity (Wildman–Crippen MR) is 107 cm³/mol. The van der Waals surface area contributed by atoms with E-state index in [1.165, 1.54) is 12.1 Å². The lowest BCUT2D eigenvalue weighted by molar-refractivity contribution is 0.0521. The Morgan fingerprint density at radius 1 is 1.17 bits per heavy atom. The standard InChI is InChI=1S/C22H20FN3O3/c1-26(13-17-14-28-19-9-2-3-10-20(19)29-17)22(27)18-8-5-11-24-21(18)25-16-7-4-6-15(23)12-16/h2-12,17H,13-14H2,1H3,(H,24,25). The van der Waals surface area contributed by atoms with E-state index in [9.17, 15) is 9.18 Å². The summed E-state index contributed by atoms with van der Waals surface area (Å²) in [5.74, 6) is 1.14. The lowest BCUT2D eigenvalue weighted by Crippen LogP contribution is -2.42. The van der Waals surface area contributed by atoms with Crippen LogP contribution in [0.15, 0.2) is 66.9 Å². The van der Waals surface area contributed by atoms with Crippen molar-refractivity contribution >= 4 is 17.4 Å². The summed E-state index contributed by atoms with van der Waals surface area (Å²) < 4.78 is 25.1. The van der Waals surface area contributed by atoms with Gasteiger partial charge < -0.3 is 19.7 Å². The summed E-state index contributed by atoms with van der Waals surface area (Å²) in [6, 6.07) is 16.8. The first-order valence-electron chi connectivity index (χ1n) is 9.22. The third-order valence-electron chi connectivity index (χ3n) is 4.52. The monoisotopic (exact) mass is 393 g/mol. The Hall–Kier alpha value is -3.61. The molecular weight excluding hydrogens is 373 g/mol. The quantitative estimate of drug-likeness (QED) is 0.713. The maximum absolute atomic E-state index is 13.5. The number of aromatic nitrogens is 1. The van der Waals surface area contributed by atoms with E-state index < -0.39 is 0 Å². The Morgan fingerprint density at radius 3 is 2.83 bits per heavy atom. The van der Waals surface area contributed by atoms with Gasteiger partial charge in [0, 0.05) is 18.9 Å². The van der Waals surface area contributed by atoms with Crippen LogP contribution in [0.1, 0.15) is 10.4 Å². The van der Waals surface area contributed by atoms with E-state index in [1.54, 1.807) is 42.4 Å². The van der Waals surface area contributed by atoms with Crippen molar-refractivity contribution in [1.82, 2.24) is 9.88 Å². The molecular formula is C22H20FN3O3. The Morgan fingerprint density at radius 2 is 2.00 bits per heavy atom. The topological polar surface area (TPSA) is 63.7 Å². The van der Waals surface area contributed by atoms with Crippen molar-refractivity contribution in [3.05, 3.63) is 78.2 Å². The molecule has 1 amide bonds. The largest absolute Gasteiger partial charge is 0.486 e. The van der Waals surface area contributed by atoms with Crippen LogP contribution < -0.4 is 14.8 Å². The number of carbonyl (C=O) groups excluding carboxylic acids is 1. The zero-order valence-electron chi connectivity index (χ0n) is 15.8. The average Bonchev–Trinajstić information content (AvgIpc) is 2.73. The normalized spacial score (nSPS) is 14.9. The maximum Gasteiger partial charge on any atom is 0.257 e. The molecule has 2 aromatic carbocycles. The Balaban J connectivity index is 1.47. The highest BCUT2D eigenvalue weighted by Crippen LogP contribution is 2.31. The molecule has 4 rings (SSSR count). The number of amides is 1. The Bertz CT molecular complexity index is 1030. The van der Waals surface area contributed by atoms with Crippen LogP contribution in [0.25, 0.3) is 0 Å². The van der Waals surface area contributed by atoms with E-state index in [1.807, 2.05) is 24.3 Å². The van der Waals surface area contributed by atoms with Crippen molar-refractivity contribution in [2.24, 2.45) is 0 Å². The first kappa shape index (κ1) is 18.7. The second-order valence-corrected chi connectivity index (χ2v) is 6.72. The molecule has 0 fully saturated rings. The van der Waals surface area contributed by atoms with Crippen LogP contribution in [0.5, 0.6) is 11.5 Å². The molecule has 29 heavy (non-hydrogen) atoms. The Kier molecular flexibility index (Phi) is 5.29. The first-order chi connectivity index (χ1) is 14.1. The van der Waals surface area contributed by atoms with Crippen LogP contribution in [0, 0.1) is 5.82 Å². The van der Waals surface area contributed by atoms with E-state index in [0.717, 1.165) is 0 Å². The first-order valence-corrected chi connectivity index (χ1v) is 9.22. The summed E-state index contributed by atoms with van der Waals surface area (Å²) >= 11 is 0. The van der Waals surface area contributed by atoms with Gasteiger partial charge in [0.05, 0.1) is 12.1 Å². The molecule has 1 unspecified atom stereocenters. The number of hydrogen-bond donors (Lipinski definition) is 1. The second-order valence-electron chi connectivity index (χ2n) is 6.72. The molecule has 7 heteroatoms. The predicted octanol–water partition coefficient (Wildman–Crippen LogP) is 3.88. The number of ether oxygens (including phenoxy) is 2. The number of para-hydroxylation sites is 2. The molecule has 0 aliphatic carbocycles. The van der Waals surface area contributed by atoms with E-state index >= 15 is 0 Å². The lowest BCUT2D eigenvalue weighted by Gasteiger charge is -2.29. The van der Waals surface area contributed by atoms with E-state index in [-0.39, 0.29) is 17.8 Å². The van der Waals surface area contributed by atoms with Gasteiger partial charge in [-0.2, -0.15) is 0 Å². The molecule has 0 spiro atoms. The lowest BCUT2D eigenvalue weighted by atomic mass is 10.2. The van der Waals surface area contributed by atoms with Gasteiger partial charge in [-0.15, -0.1) is 0 Å². The summed E-state index contributed by atoms with van der Waals surface area (Å²) in [5.41, 5.74) is 0.900. The highest BCUT2D eigenvalue weighted by atomic mass is 19.1. The minimum Gasteiger partial charge on any atom is -0.486 e. The number of nitrogens with one attached hydrogen (secondary N) is 1. The Labute approximate surface area is 167 Å². The molecule has 6 nitrogen and oxygen atoms in total. The number of fused-ring (bicyclic) bond motifs is 1. The van der Waals surface area contributed by atoms with E-state index in [0.29, 0.717) is 41.7 Å². The SMILES string of the molecule is CN(CC1COc2ccccc2O1)C(=O)c1cccnc1Nc1cccc(F)c1. The van der Waals surface area contributed by atoms with Gasteiger partial charge in [-0.05, 0) is 42.5 Å². The van der Waals surface area contributed by atoms with E-state index in [4.69, 9.17) is 9.47 Å². The number of anilines is 2. The maximum atomic E-state index is 13.5. The third kappa shape index (κ3) is 4.29. The molecule has 0 radical (unpaired) electrons. The zero-order valence-corrected chi connectivity index (χ0v) is 15.8. The average molecular weight is 393 g/mol. The van der Waals surface area contributed by atoms with Gasteiger partial charge in [-0.25, -0.2) is 9.37 Å². The van der Waals surface area contributed by atoms with Crippen molar-refractivity contribution in [1.29, 1.82) is 0 Å². The number of carbonyl (C=O) groups is 1. The number of likely N-dealkylation sites (N-methyl/N-ethyl adjacent to an activating group) is 1. The van der Waals surface area contributed by atoms with Crippen molar-refractivity contribution in [3.63, 3.8) is 0 Å². The fraction of sp³-hybridized carbons (Fsp3) is 0.182. The molecule has 0 saturated carbocycles. The van der Waals surface area contributed by atoms with Crippen molar-refractivity contribution in [3.8, 4) is 11.5 Å². The van der Waals surface area contributed by atoms with Crippen LogP contribution in [0.2, 0.25) is 0 Å². The molecule has 2 heterocycles. The van der Waals surface area contributed by atoms with Crippen molar-refractivity contribution < 1.29 is 18.7 Å². The fourth-order valence-corrected chi connectivity index (χ4v) is 3.13. The summed E-state index contributed by atoms with van der Waals surface area (Å²) in [5, 5.41) is 3.01. The number of rotatable bonds is 5. The third-order valence-corrected chi connectivity index (χ3v) is 4.52.